The second kappa shape index (κ2) is 16.5. The smallest absolute Gasteiger partial charge is 0.256 e. The van der Waals surface area contributed by atoms with Crippen molar-refractivity contribution in [3.8, 4) is 45.5 Å². The van der Waals surface area contributed by atoms with Gasteiger partial charge in [-0.3, -0.25) is 9.59 Å². The lowest BCUT2D eigenvalue weighted by atomic mass is 10.0. The fourth-order valence-electron chi connectivity index (χ4n) is 6.55. The number of ether oxygens (including phenoxy) is 3. The van der Waals surface area contributed by atoms with Gasteiger partial charge in [0.2, 0.25) is 0 Å². The highest BCUT2D eigenvalue weighted by molar-refractivity contribution is 6.14. The number of nitrogens with one attached hydrogen (secondary N) is 2. The van der Waals surface area contributed by atoms with Gasteiger partial charge >= 0.3 is 0 Å². The topological polar surface area (TPSA) is 112 Å². The molecule has 2 amide bonds. The number of rotatable bonds is 12. The molecule has 8 rings (SSSR count). The first kappa shape index (κ1) is 36.5. The number of nitrogens with zero attached hydrogens (tertiary/aromatic N) is 2. The predicted molar refractivity (Wildman–Crippen MR) is 226 cm³/mol. The van der Waals surface area contributed by atoms with Crippen LogP contribution in [0.4, 0.5) is 11.4 Å². The first-order valence-corrected chi connectivity index (χ1v) is 18.7. The van der Waals surface area contributed by atoms with Gasteiger partial charge in [-0.15, -0.1) is 0 Å². The van der Waals surface area contributed by atoms with Crippen LogP contribution in [0.1, 0.15) is 34.6 Å². The summed E-state index contributed by atoms with van der Waals surface area (Å²) in [5.41, 5.74) is 6.86. The third kappa shape index (κ3) is 8.28. The minimum absolute atomic E-state index is 0.251. The van der Waals surface area contributed by atoms with E-state index in [-0.39, 0.29) is 11.8 Å². The van der Waals surface area contributed by atoms with Crippen LogP contribution < -0.4 is 24.8 Å². The van der Waals surface area contributed by atoms with E-state index >= 15 is 0 Å². The molecule has 0 aliphatic rings. The number of para-hydroxylation sites is 2. The highest BCUT2D eigenvalue weighted by Gasteiger charge is 2.17. The van der Waals surface area contributed by atoms with Crippen LogP contribution in [0.15, 0.2) is 158 Å². The molecule has 0 saturated heterocycles. The summed E-state index contributed by atoms with van der Waals surface area (Å²) in [4.78, 5) is 37.0. The minimum Gasteiger partial charge on any atom is -0.494 e. The molecule has 2 N–H and O–H groups in total. The van der Waals surface area contributed by atoms with E-state index in [1.807, 2.05) is 123 Å². The summed E-state index contributed by atoms with van der Waals surface area (Å²) in [6, 6.07) is 48.5. The monoisotopic (exact) mass is 750 g/mol. The number of carbonyl (C=O) groups is 2. The van der Waals surface area contributed by atoms with Crippen LogP contribution in [0.5, 0.6) is 23.0 Å². The first-order chi connectivity index (χ1) is 27.9. The Morgan fingerprint density at radius 2 is 0.842 bits per heavy atom. The van der Waals surface area contributed by atoms with Gasteiger partial charge in [-0.1, -0.05) is 36.4 Å². The molecule has 6 aromatic carbocycles. The van der Waals surface area contributed by atoms with Crippen LogP contribution >= 0.6 is 0 Å². The van der Waals surface area contributed by atoms with Gasteiger partial charge in [0.05, 0.1) is 46.8 Å². The molecule has 9 heteroatoms. The van der Waals surface area contributed by atoms with E-state index in [0.29, 0.717) is 58.6 Å². The molecule has 0 bridgehead atoms. The molecule has 0 radical (unpaired) electrons. The van der Waals surface area contributed by atoms with Gasteiger partial charge in [-0.2, -0.15) is 0 Å². The van der Waals surface area contributed by atoms with Crippen molar-refractivity contribution in [2.75, 3.05) is 23.8 Å². The van der Waals surface area contributed by atoms with Crippen molar-refractivity contribution in [3.63, 3.8) is 0 Å². The number of carbonyl (C=O) groups excluding carboxylic acids is 2. The molecule has 0 saturated carbocycles. The molecule has 0 unspecified atom stereocenters. The number of hydrogen-bond donors (Lipinski definition) is 2. The van der Waals surface area contributed by atoms with Crippen molar-refractivity contribution in [2.24, 2.45) is 0 Å². The normalized spacial score (nSPS) is 10.9. The van der Waals surface area contributed by atoms with Gasteiger partial charge in [0.15, 0.2) is 0 Å². The maximum absolute atomic E-state index is 13.7. The maximum atomic E-state index is 13.7. The quantitative estimate of drug-likeness (QED) is 0.128. The largest absolute Gasteiger partial charge is 0.494 e. The summed E-state index contributed by atoms with van der Waals surface area (Å²) in [6.07, 6.45) is 0. The molecule has 57 heavy (non-hydrogen) atoms. The van der Waals surface area contributed by atoms with Gasteiger partial charge in [0, 0.05) is 33.3 Å². The van der Waals surface area contributed by atoms with Crippen molar-refractivity contribution in [1.82, 2.24) is 9.97 Å². The Kier molecular flexibility index (Phi) is 10.5. The zero-order valence-corrected chi connectivity index (χ0v) is 31.4. The van der Waals surface area contributed by atoms with E-state index in [1.54, 1.807) is 48.5 Å². The molecular weight excluding hydrogens is 713 g/mol. The van der Waals surface area contributed by atoms with E-state index in [4.69, 9.17) is 24.2 Å². The van der Waals surface area contributed by atoms with Crippen molar-refractivity contribution >= 4 is 45.0 Å². The Hall–Kier alpha value is -7.52. The summed E-state index contributed by atoms with van der Waals surface area (Å²) in [6.45, 7) is 5.05. The highest BCUT2D eigenvalue weighted by atomic mass is 16.5. The van der Waals surface area contributed by atoms with Gasteiger partial charge in [-0.05, 0) is 135 Å². The molecule has 0 aliphatic carbocycles. The van der Waals surface area contributed by atoms with E-state index in [9.17, 15) is 9.59 Å². The summed E-state index contributed by atoms with van der Waals surface area (Å²) in [5.74, 6) is 2.22. The Morgan fingerprint density at radius 3 is 1.23 bits per heavy atom. The van der Waals surface area contributed by atoms with Gasteiger partial charge in [0.1, 0.15) is 23.0 Å². The standard InChI is InChI=1S/C48H38N4O5/c1-3-55-35-21-13-31(14-22-35)45-29-41(39-9-5-7-11-43(39)51-45)47(53)49-33-17-25-37(26-18-33)57-38-27-19-34(20-28-38)50-48(54)42-30-46(52-44-12-8-6-10-40(42)44)32-15-23-36(24-16-32)56-4-2/h5-30H,3-4H2,1-2H3,(H,49,53)(H,50,54). The Labute approximate surface area is 329 Å². The molecule has 2 aromatic heterocycles. The molecular formula is C48H38N4O5. The molecule has 2 heterocycles. The van der Waals surface area contributed by atoms with Gasteiger partial charge in [0.25, 0.3) is 11.8 Å². The van der Waals surface area contributed by atoms with E-state index in [1.165, 1.54) is 0 Å². The number of anilines is 2. The van der Waals surface area contributed by atoms with Crippen LogP contribution in [0, 0.1) is 0 Å². The lowest BCUT2D eigenvalue weighted by Crippen LogP contribution is -2.13. The van der Waals surface area contributed by atoms with Gasteiger partial charge < -0.3 is 24.8 Å². The number of pyridine rings is 2. The van der Waals surface area contributed by atoms with Crippen molar-refractivity contribution in [3.05, 3.63) is 169 Å². The summed E-state index contributed by atoms with van der Waals surface area (Å²) < 4.78 is 17.3. The Morgan fingerprint density at radius 1 is 0.474 bits per heavy atom. The molecule has 280 valence electrons. The van der Waals surface area contributed by atoms with Crippen LogP contribution in [0.2, 0.25) is 0 Å². The third-order valence-corrected chi connectivity index (χ3v) is 9.30. The lowest BCUT2D eigenvalue weighted by molar-refractivity contribution is 0.102. The molecule has 0 fully saturated rings. The number of benzene rings is 6. The van der Waals surface area contributed by atoms with Crippen LogP contribution in [0.25, 0.3) is 44.3 Å². The molecule has 0 atom stereocenters. The number of fused-ring (bicyclic) bond motifs is 2. The first-order valence-electron chi connectivity index (χ1n) is 18.7. The van der Waals surface area contributed by atoms with Crippen molar-refractivity contribution < 1.29 is 23.8 Å². The SMILES string of the molecule is CCOc1ccc(-c2cc(C(=O)Nc3ccc(Oc4ccc(NC(=O)c5cc(-c6ccc(OCC)cc6)nc6ccccc56)cc4)cc3)c3ccccc3n2)cc1. The number of amides is 2. The summed E-state index contributed by atoms with van der Waals surface area (Å²) >= 11 is 0. The Bertz CT molecular complexity index is 2510. The van der Waals surface area contributed by atoms with E-state index in [2.05, 4.69) is 10.6 Å². The fourth-order valence-corrected chi connectivity index (χ4v) is 6.55. The molecule has 0 aliphatic heterocycles. The second-order valence-electron chi connectivity index (χ2n) is 13.1. The fraction of sp³-hybridized carbons (Fsp3) is 0.0833. The number of hydrogen-bond acceptors (Lipinski definition) is 7. The molecule has 8 aromatic rings. The van der Waals surface area contributed by atoms with Crippen LogP contribution in [-0.2, 0) is 0 Å². The third-order valence-electron chi connectivity index (χ3n) is 9.30. The minimum atomic E-state index is -0.251. The zero-order chi connectivity index (χ0) is 39.1. The summed E-state index contributed by atoms with van der Waals surface area (Å²) in [7, 11) is 0. The van der Waals surface area contributed by atoms with E-state index < -0.39 is 0 Å². The predicted octanol–water partition coefficient (Wildman–Crippen LogP) is 11.2. The molecule has 0 spiro atoms. The van der Waals surface area contributed by atoms with Gasteiger partial charge in [-0.25, -0.2) is 9.97 Å². The maximum Gasteiger partial charge on any atom is 0.256 e. The highest BCUT2D eigenvalue weighted by Crippen LogP contribution is 2.30. The number of aromatic nitrogens is 2. The van der Waals surface area contributed by atoms with Crippen molar-refractivity contribution in [2.45, 2.75) is 13.8 Å². The molecule has 9 nitrogen and oxygen atoms in total. The second-order valence-corrected chi connectivity index (χ2v) is 13.1. The van der Waals surface area contributed by atoms with E-state index in [0.717, 1.165) is 44.4 Å². The average molecular weight is 751 g/mol. The lowest BCUT2D eigenvalue weighted by Gasteiger charge is -2.12. The van der Waals surface area contributed by atoms with Crippen LogP contribution in [-0.4, -0.2) is 35.0 Å². The summed E-state index contributed by atoms with van der Waals surface area (Å²) in [5, 5.41) is 7.56. The Balaban J connectivity index is 0.936. The van der Waals surface area contributed by atoms with Crippen LogP contribution in [0.3, 0.4) is 0 Å². The average Bonchev–Trinajstić information content (AvgIpc) is 3.25. The van der Waals surface area contributed by atoms with Crippen molar-refractivity contribution in [1.29, 1.82) is 0 Å². The zero-order valence-electron chi connectivity index (χ0n) is 31.4.